The van der Waals surface area contributed by atoms with Gasteiger partial charge in [0.1, 0.15) is 0 Å². The van der Waals surface area contributed by atoms with E-state index in [9.17, 15) is 4.79 Å². The molecule has 0 unspecified atom stereocenters. The summed E-state index contributed by atoms with van der Waals surface area (Å²) in [6, 6.07) is 0. The van der Waals surface area contributed by atoms with E-state index in [4.69, 9.17) is 10.5 Å². The number of hydrogen-bond acceptors (Lipinski definition) is 6. The van der Waals surface area contributed by atoms with Gasteiger partial charge in [-0.05, 0) is 38.2 Å². The van der Waals surface area contributed by atoms with E-state index in [2.05, 4.69) is 15.0 Å². The number of nitrogens with zero attached hydrogens (tertiary/aromatic N) is 1. The standard InChI is InChI=1S/C12H20N4O2S/c1-7(2)18-9-10(13)16-19-12(9)15-6-5-14-11(17)8-3-4-8/h7-8,15H,3-6H2,1-2H3,(H2,13,16)(H,14,17). The molecule has 0 bridgehead atoms. The van der Waals surface area contributed by atoms with Crippen LogP contribution in [0.2, 0.25) is 0 Å². The molecule has 0 spiro atoms. The summed E-state index contributed by atoms with van der Waals surface area (Å²) >= 11 is 1.27. The Balaban J connectivity index is 1.77. The molecule has 0 aliphatic heterocycles. The number of ether oxygens (including phenoxy) is 1. The zero-order chi connectivity index (χ0) is 13.8. The summed E-state index contributed by atoms with van der Waals surface area (Å²) in [5, 5.41) is 6.89. The van der Waals surface area contributed by atoms with Crippen LogP contribution in [0.4, 0.5) is 10.8 Å². The normalized spacial score (nSPS) is 14.5. The van der Waals surface area contributed by atoms with Crippen LogP contribution in [0.1, 0.15) is 26.7 Å². The van der Waals surface area contributed by atoms with Gasteiger partial charge in [0.25, 0.3) is 0 Å². The van der Waals surface area contributed by atoms with Gasteiger partial charge in [0.15, 0.2) is 16.6 Å². The van der Waals surface area contributed by atoms with Gasteiger partial charge in [0.05, 0.1) is 6.10 Å². The number of nitrogen functional groups attached to an aromatic ring is 1. The van der Waals surface area contributed by atoms with E-state index in [1.165, 1.54) is 11.5 Å². The molecule has 7 heteroatoms. The van der Waals surface area contributed by atoms with Crippen molar-refractivity contribution in [1.29, 1.82) is 0 Å². The van der Waals surface area contributed by atoms with Gasteiger partial charge in [0, 0.05) is 19.0 Å². The first kappa shape index (κ1) is 13.9. The van der Waals surface area contributed by atoms with Gasteiger partial charge in [0.2, 0.25) is 5.91 Å². The first-order valence-corrected chi connectivity index (χ1v) is 7.28. The summed E-state index contributed by atoms with van der Waals surface area (Å²) in [5.74, 6) is 1.42. The molecule has 1 saturated carbocycles. The molecule has 1 aliphatic carbocycles. The number of aromatic nitrogens is 1. The number of anilines is 2. The van der Waals surface area contributed by atoms with Crippen LogP contribution in [0.3, 0.4) is 0 Å². The molecule has 1 aromatic rings. The van der Waals surface area contributed by atoms with Crippen LogP contribution in [0.25, 0.3) is 0 Å². The maximum atomic E-state index is 11.4. The highest BCUT2D eigenvalue weighted by molar-refractivity contribution is 7.11. The van der Waals surface area contributed by atoms with Crippen molar-refractivity contribution in [3.63, 3.8) is 0 Å². The molecule has 0 atom stereocenters. The zero-order valence-electron chi connectivity index (χ0n) is 11.2. The van der Waals surface area contributed by atoms with Crippen LogP contribution in [0.15, 0.2) is 0 Å². The number of carbonyl (C=O) groups is 1. The van der Waals surface area contributed by atoms with E-state index in [0.717, 1.165) is 17.8 Å². The largest absolute Gasteiger partial charge is 0.484 e. The van der Waals surface area contributed by atoms with E-state index in [1.807, 2.05) is 13.8 Å². The quantitative estimate of drug-likeness (QED) is 0.659. The summed E-state index contributed by atoms with van der Waals surface area (Å²) < 4.78 is 9.68. The Bertz CT molecular complexity index is 443. The lowest BCUT2D eigenvalue weighted by Gasteiger charge is -2.11. The van der Waals surface area contributed by atoms with Crippen molar-refractivity contribution in [2.24, 2.45) is 5.92 Å². The Morgan fingerprint density at radius 3 is 2.89 bits per heavy atom. The van der Waals surface area contributed by atoms with Crippen molar-refractivity contribution in [1.82, 2.24) is 9.69 Å². The fraction of sp³-hybridized carbons (Fsp3) is 0.667. The van der Waals surface area contributed by atoms with Crippen molar-refractivity contribution >= 4 is 28.3 Å². The molecule has 1 heterocycles. The summed E-state index contributed by atoms with van der Waals surface area (Å²) in [6.07, 6.45) is 2.10. The topological polar surface area (TPSA) is 89.3 Å². The van der Waals surface area contributed by atoms with E-state index >= 15 is 0 Å². The first-order valence-electron chi connectivity index (χ1n) is 6.51. The molecule has 1 fully saturated rings. The molecule has 106 valence electrons. The van der Waals surface area contributed by atoms with Gasteiger partial charge in [-0.15, -0.1) is 0 Å². The number of rotatable bonds is 7. The fourth-order valence-corrected chi connectivity index (χ4v) is 2.28. The van der Waals surface area contributed by atoms with Gasteiger partial charge in [-0.25, -0.2) is 0 Å². The number of nitrogens with two attached hydrogens (primary N) is 1. The van der Waals surface area contributed by atoms with Crippen molar-refractivity contribution in [2.75, 3.05) is 24.1 Å². The minimum atomic E-state index is 0.0498. The Morgan fingerprint density at radius 1 is 1.53 bits per heavy atom. The summed E-state index contributed by atoms with van der Waals surface area (Å²) in [4.78, 5) is 11.4. The Morgan fingerprint density at radius 2 is 2.26 bits per heavy atom. The van der Waals surface area contributed by atoms with Crippen molar-refractivity contribution in [2.45, 2.75) is 32.8 Å². The van der Waals surface area contributed by atoms with Crippen LogP contribution in [0, 0.1) is 5.92 Å². The van der Waals surface area contributed by atoms with Crippen LogP contribution in [-0.2, 0) is 4.79 Å². The van der Waals surface area contributed by atoms with Gasteiger partial charge in [-0.1, -0.05) is 0 Å². The smallest absolute Gasteiger partial charge is 0.223 e. The summed E-state index contributed by atoms with van der Waals surface area (Å²) in [6.45, 7) is 5.11. The molecular weight excluding hydrogens is 264 g/mol. The van der Waals surface area contributed by atoms with Crippen LogP contribution < -0.4 is 21.1 Å². The molecule has 1 amide bonds. The zero-order valence-corrected chi connectivity index (χ0v) is 12.0. The molecule has 0 radical (unpaired) electrons. The average Bonchev–Trinajstić information content (AvgIpc) is 3.14. The number of carbonyl (C=O) groups excluding carboxylic acids is 1. The maximum Gasteiger partial charge on any atom is 0.223 e. The first-order chi connectivity index (χ1) is 9.08. The second kappa shape index (κ2) is 6.10. The lowest BCUT2D eigenvalue weighted by atomic mass is 10.4. The van der Waals surface area contributed by atoms with Crippen molar-refractivity contribution < 1.29 is 9.53 Å². The number of nitrogens with one attached hydrogen (secondary N) is 2. The SMILES string of the molecule is CC(C)Oc1c(N)nsc1NCCNC(=O)C1CC1. The highest BCUT2D eigenvalue weighted by atomic mass is 32.1. The molecule has 6 nitrogen and oxygen atoms in total. The minimum Gasteiger partial charge on any atom is -0.484 e. The average molecular weight is 284 g/mol. The molecule has 1 aliphatic rings. The Kier molecular flexibility index (Phi) is 4.47. The van der Waals surface area contributed by atoms with Crippen LogP contribution in [0.5, 0.6) is 5.75 Å². The third kappa shape index (κ3) is 3.99. The van der Waals surface area contributed by atoms with Gasteiger partial charge in [-0.2, -0.15) is 4.37 Å². The van der Waals surface area contributed by atoms with Crippen molar-refractivity contribution in [3.8, 4) is 5.75 Å². The monoisotopic (exact) mass is 284 g/mol. The minimum absolute atomic E-state index is 0.0498. The number of hydrogen-bond donors (Lipinski definition) is 3. The van der Waals surface area contributed by atoms with Crippen molar-refractivity contribution in [3.05, 3.63) is 0 Å². The Labute approximate surface area is 116 Å². The van der Waals surface area contributed by atoms with E-state index < -0.39 is 0 Å². The van der Waals surface area contributed by atoms with Crippen LogP contribution in [-0.4, -0.2) is 29.5 Å². The third-order valence-corrected chi connectivity index (χ3v) is 3.49. The van der Waals surface area contributed by atoms with E-state index in [0.29, 0.717) is 24.7 Å². The van der Waals surface area contributed by atoms with Gasteiger partial charge < -0.3 is 21.1 Å². The lowest BCUT2D eigenvalue weighted by Crippen LogP contribution is -2.29. The second-order valence-corrected chi connectivity index (χ2v) is 5.66. The summed E-state index contributed by atoms with van der Waals surface area (Å²) in [7, 11) is 0. The molecular formula is C12H20N4O2S. The Hall–Kier alpha value is -1.50. The molecule has 19 heavy (non-hydrogen) atoms. The van der Waals surface area contributed by atoms with E-state index in [-0.39, 0.29) is 17.9 Å². The fourth-order valence-electron chi connectivity index (χ4n) is 1.61. The highest BCUT2D eigenvalue weighted by Gasteiger charge is 2.29. The molecule has 0 aromatic carbocycles. The number of amides is 1. The molecule has 1 aromatic heterocycles. The molecule has 0 saturated heterocycles. The lowest BCUT2D eigenvalue weighted by molar-refractivity contribution is -0.122. The maximum absolute atomic E-state index is 11.4. The van der Waals surface area contributed by atoms with Gasteiger partial charge in [-0.3, -0.25) is 4.79 Å². The highest BCUT2D eigenvalue weighted by Crippen LogP contribution is 2.35. The van der Waals surface area contributed by atoms with Crippen LogP contribution >= 0.6 is 11.5 Å². The second-order valence-electron chi connectivity index (χ2n) is 4.88. The molecule has 4 N–H and O–H groups in total. The van der Waals surface area contributed by atoms with E-state index in [1.54, 1.807) is 0 Å². The molecule has 2 rings (SSSR count). The predicted octanol–water partition coefficient (Wildman–Crippen LogP) is 1.45. The summed E-state index contributed by atoms with van der Waals surface area (Å²) in [5.41, 5.74) is 5.75. The van der Waals surface area contributed by atoms with Gasteiger partial charge >= 0.3 is 0 Å². The third-order valence-electron chi connectivity index (χ3n) is 2.69. The predicted molar refractivity (Wildman–Crippen MR) is 76.5 cm³/mol.